The number of hydrogen-bond donors (Lipinski definition) is 0. The van der Waals surface area contributed by atoms with Gasteiger partial charge in [-0.05, 0) is 18.2 Å². The van der Waals surface area contributed by atoms with E-state index in [2.05, 4.69) is 6.07 Å². The minimum absolute atomic E-state index is 0. The average molecular weight is 208 g/mol. The summed E-state index contributed by atoms with van der Waals surface area (Å²) in [5, 5.41) is 0. The molecule has 0 fully saturated rings. The molecule has 1 radical (unpaired) electrons. The maximum absolute atomic E-state index is 4.88. The summed E-state index contributed by atoms with van der Waals surface area (Å²) in [5.41, 5.74) is 0. The first-order valence-electron chi connectivity index (χ1n) is 2.43. The monoisotopic (exact) mass is 206 g/mol. The Labute approximate surface area is 79.9 Å². The second kappa shape index (κ2) is 7.05. The van der Waals surface area contributed by atoms with Crippen molar-refractivity contribution in [2.75, 3.05) is 7.11 Å². The zero-order chi connectivity index (χ0) is 5.82. The fourth-order valence-corrected chi connectivity index (χ4v) is 0.504. The molecule has 0 bridgehead atoms. The van der Waals surface area contributed by atoms with E-state index in [1.54, 1.807) is 13.2 Å². The Balaban J connectivity index is 0. The van der Waals surface area contributed by atoms with Gasteiger partial charge in [0, 0.05) is 19.5 Å². The van der Waals surface area contributed by atoms with E-state index < -0.39 is 0 Å². The number of hydrogen-bond acceptors (Lipinski definition) is 1. The van der Waals surface area contributed by atoms with Gasteiger partial charge in [-0.1, -0.05) is 12.1 Å². The fourth-order valence-electron chi connectivity index (χ4n) is 0.504. The molecule has 0 aliphatic heterocycles. The number of benzene rings is 1. The van der Waals surface area contributed by atoms with Crippen molar-refractivity contribution in [3.8, 4) is 5.75 Å². The van der Waals surface area contributed by atoms with Crippen LogP contribution in [0.2, 0.25) is 0 Å². The zero-order valence-electron chi connectivity index (χ0n) is 5.80. The third-order valence-corrected chi connectivity index (χ3v) is 0.914. The van der Waals surface area contributed by atoms with Gasteiger partial charge in [0.15, 0.2) is 0 Å². The van der Waals surface area contributed by atoms with E-state index in [9.17, 15) is 0 Å². The predicted molar refractivity (Wildman–Crippen MR) is 31.8 cm³/mol. The predicted octanol–water partition coefficient (Wildman–Crippen LogP) is -1.50. The molecule has 0 unspecified atom stereocenters. The van der Waals surface area contributed by atoms with E-state index in [-0.39, 0.29) is 31.9 Å². The first-order valence-corrected chi connectivity index (χ1v) is 2.43. The molecule has 51 valence electrons. The van der Waals surface area contributed by atoms with Crippen molar-refractivity contribution in [1.29, 1.82) is 0 Å². The summed E-state index contributed by atoms with van der Waals surface area (Å²) >= 11 is 0. The Hall–Kier alpha value is -0.0666. The summed E-state index contributed by atoms with van der Waals surface area (Å²) in [6.45, 7) is 0. The van der Waals surface area contributed by atoms with Gasteiger partial charge in [0.25, 0.3) is 0 Å². The minimum Gasteiger partial charge on any atom is -1.00 e. The van der Waals surface area contributed by atoms with Crippen LogP contribution < -0.4 is 17.1 Å². The van der Waals surface area contributed by atoms with E-state index in [0.29, 0.717) is 0 Å². The van der Waals surface area contributed by atoms with Crippen LogP contribution in [0.25, 0.3) is 0 Å². The van der Waals surface area contributed by atoms with Crippen molar-refractivity contribution in [2.24, 2.45) is 0 Å². The Morgan fingerprint density at radius 1 is 1.50 bits per heavy atom. The molecule has 0 amide bonds. The summed E-state index contributed by atoms with van der Waals surface area (Å²) in [6.07, 6.45) is 0. The van der Waals surface area contributed by atoms with Crippen LogP contribution in [0.1, 0.15) is 0 Å². The van der Waals surface area contributed by atoms with Gasteiger partial charge in [-0.25, -0.2) is 0 Å². The van der Waals surface area contributed by atoms with E-state index in [1.165, 1.54) is 0 Å². The molecular formula is C7H7ClOZn-. The molecule has 0 aliphatic rings. The van der Waals surface area contributed by atoms with Crippen LogP contribution in [-0.2, 0) is 19.5 Å². The van der Waals surface area contributed by atoms with Crippen molar-refractivity contribution < 1.29 is 36.6 Å². The third kappa shape index (κ3) is 3.87. The van der Waals surface area contributed by atoms with Gasteiger partial charge >= 0.3 is 0 Å². The van der Waals surface area contributed by atoms with Crippen molar-refractivity contribution in [3.05, 3.63) is 30.3 Å². The molecule has 1 aromatic rings. The molecule has 0 saturated heterocycles. The van der Waals surface area contributed by atoms with Crippen LogP contribution in [0.15, 0.2) is 24.3 Å². The maximum atomic E-state index is 4.88. The third-order valence-electron chi connectivity index (χ3n) is 0.914. The van der Waals surface area contributed by atoms with Crippen LogP contribution in [0.4, 0.5) is 0 Å². The maximum Gasteiger partial charge on any atom is 0.119 e. The summed E-state index contributed by atoms with van der Waals surface area (Å²) < 4.78 is 4.88. The largest absolute Gasteiger partial charge is 1.00 e. The van der Waals surface area contributed by atoms with Crippen molar-refractivity contribution in [2.45, 2.75) is 0 Å². The van der Waals surface area contributed by atoms with Gasteiger partial charge in [0.2, 0.25) is 0 Å². The Kier molecular flexibility index (Phi) is 8.87. The van der Waals surface area contributed by atoms with Crippen LogP contribution >= 0.6 is 0 Å². The van der Waals surface area contributed by atoms with Gasteiger partial charge < -0.3 is 17.1 Å². The van der Waals surface area contributed by atoms with Crippen LogP contribution in [0.3, 0.4) is 0 Å². The molecule has 1 rings (SSSR count). The SMILES string of the molecule is COc1c[c]ccc1.[Cl-].[Zn]. The Bertz CT molecular complexity index is 155. The molecule has 0 atom stereocenters. The van der Waals surface area contributed by atoms with Crippen molar-refractivity contribution >= 4 is 0 Å². The van der Waals surface area contributed by atoms with Gasteiger partial charge in [-0.2, -0.15) is 0 Å². The van der Waals surface area contributed by atoms with Crippen molar-refractivity contribution in [1.82, 2.24) is 0 Å². The normalized spacial score (nSPS) is 6.90. The Morgan fingerprint density at radius 2 is 2.20 bits per heavy atom. The van der Waals surface area contributed by atoms with Gasteiger partial charge in [0.05, 0.1) is 7.11 Å². The van der Waals surface area contributed by atoms with Gasteiger partial charge in [-0.3, -0.25) is 0 Å². The standard InChI is InChI=1S/C7H7O.ClH.Zn/c1-8-7-5-3-2-4-6-7;;/h2-3,5-6H,1H3;1H;/p-1. The summed E-state index contributed by atoms with van der Waals surface area (Å²) in [6, 6.07) is 10.3. The molecular weight excluding hydrogens is 201 g/mol. The second-order valence-corrected chi connectivity index (χ2v) is 1.44. The van der Waals surface area contributed by atoms with Crippen LogP contribution in [0.5, 0.6) is 5.75 Å². The quantitative estimate of drug-likeness (QED) is 0.510. The van der Waals surface area contributed by atoms with E-state index >= 15 is 0 Å². The number of ether oxygens (including phenoxy) is 1. The van der Waals surface area contributed by atoms with E-state index in [0.717, 1.165) is 5.75 Å². The molecule has 0 N–H and O–H groups in total. The van der Waals surface area contributed by atoms with Gasteiger partial charge in [0.1, 0.15) is 5.75 Å². The van der Waals surface area contributed by atoms with E-state index in [4.69, 9.17) is 4.74 Å². The molecule has 3 heteroatoms. The first kappa shape index (κ1) is 12.6. The Morgan fingerprint density at radius 3 is 2.50 bits per heavy atom. The van der Waals surface area contributed by atoms with Crippen LogP contribution in [0, 0.1) is 6.07 Å². The number of methoxy groups -OCH3 is 1. The minimum atomic E-state index is 0. The molecule has 1 aromatic carbocycles. The first-order chi connectivity index (χ1) is 3.93. The molecule has 0 aliphatic carbocycles. The summed E-state index contributed by atoms with van der Waals surface area (Å²) in [4.78, 5) is 0. The topological polar surface area (TPSA) is 9.23 Å². The number of rotatable bonds is 1. The van der Waals surface area contributed by atoms with Gasteiger partial charge in [-0.15, -0.1) is 0 Å². The second-order valence-electron chi connectivity index (χ2n) is 1.44. The van der Waals surface area contributed by atoms with E-state index in [1.807, 2.05) is 18.2 Å². The molecule has 0 heterocycles. The molecule has 0 spiro atoms. The van der Waals surface area contributed by atoms with Crippen LogP contribution in [-0.4, -0.2) is 7.11 Å². The molecule has 0 saturated carbocycles. The average Bonchev–Trinajstić information content (AvgIpc) is 1.90. The summed E-state index contributed by atoms with van der Waals surface area (Å²) in [5.74, 6) is 0.854. The molecule has 0 aromatic heterocycles. The summed E-state index contributed by atoms with van der Waals surface area (Å²) in [7, 11) is 1.64. The number of halogens is 1. The smallest absolute Gasteiger partial charge is 0.119 e. The zero-order valence-corrected chi connectivity index (χ0v) is 9.53. The fraction of sp³-hybridized carbons (Fsp3) is 0.143. The molecule has 10 heavy (non-hydrogen) atoms. The molecule has 1 nitrogen and oxygen atoms in total. The van der Waals surface area contributed by atoms with Crippen molar-refractivity contribution in [3.63, 3.8) is 0 Å².